The first-order chi connectivity index (χ1) is 12.1. The molecule has 1 saturated heterocycles. The molecule has 9 nitrogen and oxygen atoms in total. The van der Waals surface area contributed by atoms with E-state index in [1.807, 2.05) is 6.07 Å². The fourth-order valence-electron chi connectivity index (χ4n) is 3.13. The van der Waals surface area contributed by atoms with E-state index in [4.69, 9.17) is 10.3 Å². The number of likely N-dealkylation sites (tertiary alicyclic amines) is 1. The zero-order valence-electron chi connectivity index (χ0n) is 13.9. The monoisotopic (exact) mass is 344 g/mol. The van der Waals surface area contributed by atoms with Gasteiger partial charge in [0.1, 0.15) is 5.75 Å². The summed E-state index contributed by atoms with van der Waals surface area (Å²) in [5.41, 5.74) is 9.78. The topological polar surface area (TPSA) is 116 Å². The highest BCUT2D eigenvalue weighted by Gasteiger charge is 2.26. The number of piperidine rings is 1. The van der Waals surface area contributed by atoms with Gasteiger partial charge in [-0.15, -0.1) is 0 Å². The number of aromatic nitrogens is 2. The summed E-state index contributed by atoms with van der Waals surface area (Å²) in [5.74, 6) is 0.666. The lowest BCUT2D eigenvalue weighted by molar-refractivity contribution is 0.0522. The molecule has 9 heteroatoms. The van der Waals surface area contributed by atoms with Crippen molar-refractivity contribution in [2.45, 2.75) is 25.1 Å². The molecule has 2 heterocycles. The van der Waals surface area contributed by atoms with Gasteiger partial charge in [0.15, 0.2) is 0 Å². The van der Waals surface area contributed by atoms with Gasteiger partial charge in [-0.25, -0.2) is 4.98 Å². The summed E-state index contributed by atoms with van der Waals surface area (Å²) in [6.07, 6.45) is 1.23. The van der Waals surface area contributed by atoms with Gasteiger partial charge < -0.3 is 14.4 Å². The van der Waals surface area contributed by atoms with Crippen molar-refractivity contribution in [1.29, 1.82) is 0 Å². The van der Waals surface area contributed by atoms with Gasteiger partial charge >= 0.3 is 0 Å². The molecule has 1 aromatic heterocycles. The first-order valence-corrected chi connectivity index (χ1v) is 8.10. The number of aliphatic hydroxyl groups is 1. The maximum Gasteiger partial charge on any atom is 0.269 e. The van der Waals surface area contributed by atoms with Crippen molar-refractivity contribution < 1.29 is 9.84 Å². The number of aliphatic hydroxyl groups excluding tert-OH is 1. The number of fused-ring (bicyclic) bond motifs is 1. The lowest BCUT2D eigenvalue weighted by atomic mass is 10.0. The first-order valence-electron chi connectivity index (χ1n) is 8.10. The molecular weight excluding hydrogens is 324 g/mol. The molecule has 0 radical (unpaired) electrons. The summed E-state index contributed by atoms with van der Waals surface area (Å²) >= 11 is 0. The smallest absolute Gasteiger partial charge is 0.269 e. The van der Waals surface area contributed by atoms with Crippen LogP contribution >= 0.6 is 0 Å². The molecule has 0 spiro atoms. The molecular formula is C16H20N6O3. The average molecular weight is 344 g/mol. The van der Waals surface area contributed by atoms with E-state index in [0.29, 0.717) is 38.3 Å². The van der Waals surface area contributed by atoms with Gasteiger partial charge in [0.25, 0.3) is 5.56 Å². The van der Waals surface area contributed by atoms with Crippen LogP contribution < -0.4 is 10.3 Å². The summed E-state index contributed by atoms with van der Waals surface area (Å²) in [7, 11) is 1.58. The van der Waals surface area contributed by atoms with E-state index in [1.54, 1.807) is 23.8 Å². The number of hydrogen-bond donors (Lipinski definition) is 1. The molecule has 1 aliphatic rings. The highest BCUT2D eigenvalue weighted by molar-refractivity contribution is 5.76. The third-order valence-electron chi connectivity index (χ3n) is 4.52. The van der Waals surface area contributed by atoms with Gasteiger partial charge in [0.05, 0.1) is 36.5 Å². The maximum atomic E-state index is 12.2. The Bertz CT molecular complexity index is 861. The Morgan fingerprint density at radius 2 is 2.32 bits per heavy atom. The standard InChI is InChI=1S/C16H20N6O3/c1-25-11-2-3-12-14(8-11)22(16(24)9-18-12)7-6-21-5-4-13(19-20-17)15(23)10-21/h2-3,8-9,13,15,23H,4-7,10H2,1H3/t13-,15+/m1/s1. The van der Waals surface area contributed by atoms with Crippen LogP contribution in [0.3, 0.4) is 0 Å². The summed E-state index contributed by atoms with van der Waals surface area (Å²) in [5, 5.41) is 13.7. The van der Waals surface area contributed by atoms with Crippen molar-refractivity contribution in [3.8, 4) is 5.75 Å². The quantitative estimate of drug-likeness (QED) is 0.496. The minimum absolute atomic E-state index is 0.176. The Morgan fingerprint density at radius 1 is 1.48 bits per heavy atom. The molecule has 2 atom stereocenters. The molecule has 1 fully saturated rings. The number of benzene rings is 1. The minimum atomic E-state index is -0.685. The minimum Gasteiger partial charge on any atom is -0.497 e. The van der Waals surface area contributed by atoms with E-state index < -0.39 is 6.10 Å². The third-order valence-corrected chi connectivity index (χ3v) is 4.52. The molecule has 0 saturated carbocycles. The zero-order chi connectivity index (χ0) is 17.8. The highest BCUT2D eigenvalue weighted by Crippen LogP contribution is 2.18. The van der Waals surface area contributed by atoms with Gasteiger partial charge in [0, 0.05) is 30.6 Å². The van der Waals surface area contributed by atoms with Crippen LogP contribution in [-0.4, -0.2) is 58.4 Å². The summed E-state index contributed by atoms with van der Waals surface area (Å²) in [4.78, 5) is 21.2. The van der Waals surface area contributed by atoms with Gasteiger partial charge in [0.2, 0.25) is 0 Å². The first kappa shape index (κ1) is 17.2. The van der Waals surface area contributed by atoms with Crippen LogP contribution in [0.5, 0.6) is 5.75 Å². The Balaban J connectivity index is 1.76. The Morgan fingerprint density at radius 3 is 3.04 bits per heavy atom. The number of azide groups is 1. The molecule has 2 aromatic rings. The van der Waals surface area contributed by atoms with Gasteiger partial charge in [-0.2, -0.15) is 0 Å². The van der Waals surface area contributed by atoms with Crippen molar-refractivity contribution in [2.75, 3.05) is 26.7 Å². The lowest BCUT2D eigenvalue weighted by Crippen LogP contribution is -2.47. The van der Waals surface area contributed by atoms with E-state index >= 15 is 0 Å². The van der Waals surface area contributed by atoms with Crippen LogP contribution in [0.2, 0.25) is 0 Å². The van der Waals surface area contributed by atoms with Crippen molar-refractivity contribution in [1.82, 2.24) is 14.5 Å². The molecule has 3 rings (SSSR count). The van der Waals surface area contributed by atoms with Gasteiger partial charge in [-0.1, -0.05) is 5.11 Å². The number of ether oxygens (including phenoxy) is 1. The van der Waals surface area contributed by atoms with Crippen LogP contribution in [0.4, 0.5) is 0 Å². The molecule has 25 heavy (non-hydrogen) atoms. The maximum absolute atomic E-state index is 12.2. The van der Waals surface area contributed by atoms with Crippen LogP contribution in [0.15, 0.2) is 34.3 Å². The van der Waals surface area contributed by atoms with Crippen LogP contribution in [0.1, 0.15) is 6.42 Å². The molecule has 0 amide bonds. The summed E-state index contributed by atoms with van der Waals surface area (Å²) in [6, 6.07) is 5.04. The van der Waals surface area contributed by atoms with E-state index in [2.05, 4.69) is 19.9 Å². The van der Waals surface area contributed by atoms with Crippen LogP contribution in [0, 0.1) is 0 Å². The number of β-amino-alcohol motifs (C(OH)–C–C–N with tert-alkyl or cyclic N) is 1. The largest absolute Gasteiger partial charge is 0.497 e. The van der Waals surface area contributed by atoms with Crippen LogP contribution in [0.25, 0.3) is 21.5 Å². The van der Waals surface area contributed by atoms with Crippen molar-refractivity contribution in [3.05, 3.63) is 45.2 Å². The second kappa shape index (κ2) is 7.52. The van der Waals surface area contributed by atoms with Gasteiger partial charge in [-0.3, -0.25) is 9.69 Å². The second-order valence-corrected chi connectivity index (χ2v) is 6.03. The average Bonchev–Trinajstić information content (AvgIpc) is 2.62. The fourth-order valence-corrected chi connectivity index (χ4v) is 3.13. The lowest BCUT2D eigenvalue weighted by Gasteiger charge is -2.33. The third kappa shape index (κ3) is 3.74. The highest BCUT2D eigenvalue weighted by atomic mass is 16.5. The van der Waals surface area contributed by atoms with Crippen molar-refractivity contribution >= 4 is 11.0 Å². The molecule has 0 aliphatic carbocycles. The molecule has 1 N–H and O–H groups in total. The fraction of sp³-hybridized carbons (Fsp3) is 0.500. The van der Waals surface area contributed by atoms with Crippen molar-refractivity contribution in [3.63, 3.8) is 0 Å². The summed E-state index contributed by atoms with van der Waals surface area (Å²) in [6.45, 7) is 2.22. The van der Waals surface area contributed by atoms with Gasteiger partial charge in [-0.05, 0) is 30.6 Å². The molecule has 1 aromatic carbocycles. The van der Waals surface area contributed by atoms with E-state index in [9.17, 15) is 9.90 Å². The molecule has 132 valence electrons. The molecule has 1 aliphatic heterocycles. The zero-order valence-corrected chi connectivity index (χ0v) is 13.9. The summed E-state index contributed by atoms with van der Waals surface area (Å²) < 4.78 is 6.90. The number of nitrogens with zero attached hydrogens (tertiary/aromatic N) is 6. The Kier molecular flexibility index (Phi) is 5.18. The normalized spacial score (nSPS) is 21.0. The number of methoxy groups -OCH3 is 1. The second-order valence-electron chi connectivity index (χ2n) is 6.03. The predicted molar refractivity (Wildman–Crippen MR) is 92.6 cm³/mol. The van der Waals surface area contributed by atoms with E-state index in [-0.39, 0.29) is 11.6 Å². The number of hydrogen-bond acceptors (Lipinski definition) is 6. The molecule has 0 bridgehead atoms. The van der Waals surface area contributed by atoms with E-state index in [0.717, 1.165) is 11.0 Å². The molecule has 0 unspecified atom stereocenters. The van der Waals surface area contributed by atoms with Crippen molar-refractivity contribution in [2.24, 2.45) is 5.11 Å². The predicted octanol–water partition coefficient (Wildman–Crippen LogP) is 1.15. The number of rotatable bonds is 5. The SMILES string of the molecule is COc1ccc2ncc(=O)n(CCN3CC[C@@H](N=[N+]=[N-])[C@@H](O)C3)c2c1. The Labute approximate surface area is 144 Å². The van der Waals surface area contributed by atoms with Crippen LogP contribution in [-0.2, 0) is 6.54 Å². The Hall–Kier alpha value is -2.61. The van der Waals surface area contributed by atoms with E-state index in [1.165, 1.54) is 6.20 Å².